The van der Waals surface area contributed by atoms with Crippen molar-refractivity contribution in [3.8, 4) is 0 Å². The van der Waals surface area contributed by atoms with E-state index in [4.69, 9.17) is 0 Å². The zero-order chi connectivity index (χ0) is 16.0. The summed E-state index contributed by atoms with van der Waals surface area (Å²) in [5.74, 6) is 0. The summed E-state index contributed by atoms with van der Waals surface area (Å²) in [5.41, 5.74) is 4.99. The van der Waals surface area contributed by atoms with Gasteiger partial charge in [0.25, 0.3) is 0 Å². The lowest BCUT2D eigenvalue weighted by Gasteiger charge is -1.94. The molecule has 0 fully saturated rings. The molecule has 0 nitrogen and oxygen atoms in total. The number of hydrogen-bond acceptors (Lipinski definition) is 0. The fraction of sp³-hybridized carbons (Fsp3) is 0.400. The normalized spacial score (nSPS) is 8.60. The van der Waals surface area contributed by atoms with E-state index in [1.807, 2.05) is 12.2 Å². The van der Waals surface area contributed by atoms with Crippen LogP contribution in [0.5, 0.6) is 0 Å². The molecule has 0 aromatic rings. The second-order valence-corrected chi connectivity index (χ2v) is 5.37. The van der Waals surface area contributed by atoms with E-state index < -0.39 is 0 Å². The summed E-state index contributed by atoms with van der Waals surface area (Å²) in [6.45, 7) is 23.4. The minimum atomic E-state index is 1.04. The highest BCUT2D eigenvalue weighted by atomic mass is 13.9. The zero-order valence-electron chi connectivity index (χ0n) is 14.0. The first-order valence-electron chi connectivity index (χ1n) is 7.20. The maximum atomic E-state index is 3.82. The summed E-state index contributed by atoms with van der Waals surface area (Å²) in [4.78, 5) is 0. The van der Waals surface area contributed by atoms with Crippen molar-refractivity contribution < 1.29 is 0 Å². The summed E-state index contributed by atoms with van der Waals surface area (Å²) < 4.78 is 0. The van der Waals surface area contributed by atoms with E-state index in [0.717, 1.165) is 36.8 Å². The number of rotatable bonds is 8. The van der Waals surface area contributed by atoms with Gasteiger partial charge in [-0.15, -0.1) is 0 Å². The van der Waals surface area contributed by atoms with Crippen LogP contribution in [0.2, 0.25) is 0 Å². The average molecular weight is 272 g/mol. The maximum Gasteiger partial charge on any atom is -0.0250 e. The first kappa shape index (κ1) is 20.8. The van der Waals surface area contributed by atoms with Crippen molar-refractivity contribution in [3.63, 3.8) is 0 Å². The Hall–Kier alpha value is -1.56. The molecule has 20 heavy (non-hydrogen) atoms. The minimum Gasteiger partial charge on any atom is -0.0988 e. The van der Waals surface area contributed by atoms with Crippen LogP contribution in [0.1, 0.15) is 53.4 Å². The Morgan fingerprint density at radius 3 is 1.20 bits per heavy atom. The van der Waals surface area contributed by atoms with Crippen molar-refractivity contribution in [1.29, 1.82) is 0 Å². The molecule has 0 aliphatic carbocycles. The highest BCUT2D eigenvalue weighted by molar-refractivity contribution is 5.12. The van der Waals surface area contributed by atoms with E-state index in [9.17, 15) is 0 Å². The van der Waals surface area contributed by atoms with Crippen molar-refractivity contribution in [1.82, 2.24) is 0 Å². The van der Waals surface area contributed by atoms with Gasteiger partial charge in [-0.3, -0.25) is 0 Å². The first-order chi connectivity index (χ1) is 9.33. The van der Waals surface area contributed by atoms with Gasteiger partial charge >= 0.3 is 0 Å². The molecule has 0 aliphatic rings. The Labute approximate surface area is 127 Å². The van der Waals surface area contributed by atoms with E-state index >= 15 is 0 Å². The molecule has 0 saturated carbocycles. The summed E-state index contributed by atoms with van der Waals surface area (Å²) in [5, 5.41) is 0. The van der Waals surface area contributed by atoms with Crippen LogP contribution in [0, 0.1) is 0 Å². The number of allylic oxidation sites excluding steroid dienone is 8. The lowest BCUT2D eigenvalue weighted by Crippen LogP contribution is -1.74. The van der Waals surface area contributed by atoms with Crippen LogP contribution >= 0.6 is 0 Å². The van der Waals surface area contributed by atoms with Gasteiger partial charge in [-0.1, -0.05) is 72.9 Å². The van der Waals surface area contributed by atoms with Gasteiger partial charge in [-0.2, -0.15) is 0 Å². The van der Waals surface area contributed by atoms with E-state index in [2.05, 4.69) is 66.2 Å². The molecule has 0 heterocycles. The van der Waals surface area contributed by atoms with E-state index in [0.29, 0.717) is 0 Å². The predicted octanol–water partition coefficient (Wildman–Crippen LogP) is 6.95. The largest absolute Gasteiger partial charge is 0.0988 e. The van der Waals surface area contributed by atoms with Gasteiger partial charge in [-0.05, 0) is 53.4 Å². The van der Waals surface area contributed by atoms with Crippen LogP contribution in [0.15, 0.2) is 72.9 Å². The Kier molecular flexibility index (Phi) is 14.4. The molecule has 0 saturated heterocycles. The predicted molar refractivity (Wildman–Crippen MR) is 96.0 cm³/mol. The highest BCUT2D eigenvalue weighted by Crippen LogP contribution is 2.05. The molecule has 0 N–H and O–H groups in total. The van der Waals surface area contributed by atoms with Crippen molar-refractivity contribution >= 4 is 0 Å². The third-order valence-corrected chi connectivity index (χ3v) is 2.61. The van der Waals surface area contributed by atoms with Crippen molar-refractivity contribution in [3.05, 3.63) is 72.9 Å². The van der Waals surface area contributed by atoms with E-state index in [1.165, 1.54) is 11.1 Å². The topological polar surface area (TPSA) is 0 Å². The third kappa shape index (κ3) is 18.8. The lowest BCUT2D eigenvalue weighted by atomic mass is 10.1. The molecule has 0 aromatic heterocycles. The van der Waals surface area contributed by atoms with Gasteiger partial charge in [0.05, 0.1) is 0 Å². The molecular weight excluding hydrogens is 240 g/mol. The van der Waals surface area contributed by atoms with Gasteiger partial charge in [-0.25, -0.2) is 0 Å². The molecule has 0 aliphatic heterocycles. The molecule has 0 spiro atoms. The monoisotopic (exact) mass is 272 g/mol. The van der Waals surface area contributed by atoms with Crippen molar-refractivity contribution in [2.24, 2.45) is 0 Å². The standard InChI is InChI=1S/2C10H16/c2*1-5-10(4)8-6-7-9(2)3/h2*5,7H,1,4,6,8H2,2-3H3. The van der Waals surface area contributed by atoms with Crippen LogP contribution in [0.4, 0.5) is 0 Å². The average Bonchev–Trinajstić information content (AvgIpc) is 2.38. The van der Waals surface area contributed by atoms with Gasteiger partial charge in [0, 0.05) is 0 Å². The highest BCUT2D eigenvalue weighted by Gasteiger charge is 1.85. The van der Waals surface area contributed by atoms with Gasteiger partial charge in [0.2, 0.25) is 0 Å². The quantitative estimate of drug-likeness (QED) is 0.331. The van der Waals surface area contributed by atoms with Crippen LogP contribution in [-0.2, 0) is 0 Å². The Bertz CT molecular complexity index is 329. The summed E-state index contributed by atoms with van der Waals surface area (Å²) in [6, 6.07) is 0. The molecule has 0 radical (unpaired) electrons. The lowest BCUT2D eigenvalue weighted by molar-refractivity contribution is 0.999. The van der Waals surface area contributed by atoms with Crippen LogP contribution < -0.4 is 0 Å². The second kappa shape index (κ2) is 13.9. The van der Waals surface area contributed by atoms with Crippen LogP contribution in [0.25, 0.3) is 0 Å². The van der Waals surface area contributed by atoms with Gasteiger partial charge < -0.3 is 0 Å². The van der Waals surface area contributed by atoms with Crippen LogP contribution in [0.3, 0.4) is 0 Å². The summed E-state index contributed by atoms with van der Waals surface area (Å²) >= 11 is 0. The summed E-state index contributed by atoms with van der Waals surface area (Å²) in [7, 11) is 0. The number of hydrogen-bond donors (Lipinski definition) is 0. The van der Waals surface area contributed by atoms with Gasteiger partial charge in [0.1, 0.15) is 0 Å². The Balaban J connectivity index is 0. The molecule has 112 valence electrons. The zero-order valence-corrected chi connectivity index (χ0v) is 14.0. The second-order valence-electron chi connectivity index (χ2n) is 5.37. The Morgan fingerprint density at radius 1 is 0.700 bits per heavy atom. The molecule has 0 rings (SSSR count). The van der Waals surface area contributed by atoms with Crippen LogP contribution in [-0.4, -0.2) is 0 Å². The molecule has 0 aromatic carbocycles. The molecule has 0 atom stereocenters. The van der Waals surface area contributed by atoms with E-state index in [-0.39, 0.29) is 0 Å². The molecular formula is C20H32. The smallest absolute Gasteiger partial charge is 0.0250 e. The minimum absolute atomic E-state index is 1.04. The molecule has 0 bridgehead atoms. The summed E-state index contributed by atoms with van der Waals surface area (Å²) in [6.07, 6.45) is 12.3. The van der Waals surface area contributed by atoms with Crippen molar-refractivity contribution in [2.75, 3.05) is 0 Å². The van der Waals surface area contributed by atoms with Crippen molar-refractivity contribution in [2.45, 2.75) is 53.4 Å². The SMILES string of the molecule is C=CC(=C)CCC=C(C)C.C=CC(=C)CCC=C(C)C. The van der Waals surface area contributed by atoms with E-state index in [1.54, 1.807) is 0 Å². The van der Waals surface area contributed by atoms with Gasteiger partial charge in [0.15, 0.2) is 0 Å². The fourth-order valence-corrected chi connectivity index (χ4v) is 1.30. The Morgan fingerprint density at radius 2 is 1.00 bits per heavy atom. The molecule has 0 unspecified atom stereocenters. The third-order valence-electron chi connectivity index (χ3n) is 2.61. The molecule has 0 amide bonds. The first-order valence-corrected chi connectivity index (χ1v) is 7.20. The maximum absolute atomic E-state index is 3.82. The fourth-order valence-electron chi connectivity index (χ4n) is 1.30. The molecule has 0 heteroatoms.